The van der Waals surface area contributed by atoms with Gasteiger partial charge in [0.25, 0.3) is 0 Å². The molecule has 0 aliphatic heterocycles. The monoisotopic (exact) mass is 289 g/mol. The minimum absolute atomic E-state index is 0.00323. The maximum absolute atomic E-state index is 11.1. The van der Waals surface area contributed by atoms with Gasteiger partial charge in [-0.25, -0.2) is 13.6 Å². The highest BCUT2D eigenvalue weighted by molar-refractivity contribution is 7.89. The average Bonchev–Trinajstić information content (AvgIpc) is 2.56. The SMILES string of the molecule is CC(COC1CC2CCC1(C)C2(C)C)CS(N)(=O)=O. The van der Waals surface area contributed by atoms with Crippen molar-refractivity contribution in [1.29, 1.82) is 0 Å². The summed E-state index contributed by atoms with van der Waals surface area (Å²) in [5.74, 6) is 0.709. The van der Waals surface area contributed by atoms with Gasteiger partial charge in [0.15, 0.2) is 0 Å². The van der Waals surface area contributed by atoms with E-state index >= 15 is 0 Å². The first-order valence-electron chi connectivity index (χ1n) is 7.18. The third-order valence-electron chi connectivity index (χ3n) is 5.81. The van der Waals surface area contributed by atoms with Gasteiger partial charge in [0.05, 0.1) is 18.5 Å². The van der Waals surface area contributed by atoms with Crippen LogP contribution >= 0.6 is 0 Å². The van der Waals surface area contributed by atoms with E-state index in [9.17, 15) is 8.42 Å². The van der Waals surface area contributed by atoms with Crippen molar-refractivity contribution in [1.82, 2.24) is 0 Å². The Morgan fingerprint density at radius 3 is 2.42 bits per heavy atom. The molecule has 0 aromatic rings. The van der Waals surface area contributed by atoms with Crippen LogP contribution in [-0.4, -0.2) is 26.9 Å². The lowest BCUT2D eigenvalue weighted by atomic mass is 9.70. The summed E-state index contributed by atoms with van der Waals surface area (Å²) < 4.78 is 28.2. The molecule has 2 fully saturated rings. The molecule has 5 heteroatoms. The minimum Gasteiger partial charge on any atom is -0.377 e. The summed E-state index contributed by atoms with van der Waals surface area (Å²) in [6.45, 7) is 9.39. The minimum atomic E-state index is -3.40. The van der Waals surface area contributed by atoms with Crippen LogP contribution in [0.4, 0.5) is 0 Å². The molecule has 0 amide bonds. The van der Waals surface area contributed by atoms with E-state index in [-0.39, 0.29) is 23.2 Å². The van der Waals surface area contributed by atoms with Crippen LogP contribution in [0.25, 0.3) is 0 Å². The van der Waals surface area contributed by atoms with E-state index in [1.807, 2.05) is 6.92 Å². The maximum atomic E-state index is 11.1. The van der Waals surface area contributed by atoms with E-state index in [4.69, 9.17) is 9.88 Å². The van der Waals surface area contributed by atoms with Gasteiger partial charge in [-0.1, -0.05) is 27.7 Å². The van der Waals surface area contributed by atoms with Crippen LogP contribution in [0.2, 0.25) is 0 Å². The molecule has 0 aromatic heterocycles. The van der Waals surface area contributed by atoms with Gasteiger partial charge in [0.2, 0.25) is 10.0 Å². The molecule has 2 aliphatic carbocycles. The second kappa shape index (κ2) is 4.71. The molecule has 2 bridgehead atoms. The number of hydrogen-bond donors (Lipinski definition) is 1. The Hall–Kier alpha value is -0.130. The average molecular weight is 289 g/mol. The van der Waals surface area contributed by atoms with Crippen LogP contribution in [0.3, 0.4) is 0 Å². The van der Waals surface area contributed by atoms with E-state index in [0.717, 1.165) is 12.3 Å². The molecule has 2 N–H and O–H groups in total. The number of rotatable bonds is 5. The largest absolute Gasteiger partial charge is 0.377 e. The van der Waals surface area contributed by atoms with E-state index < -0.39 is 10.0 Å². The highest BCUT2D eigenvalue weighted by Crippen LogP contribution is 2.66. The Morgan fingerprint density at radius 1 is 1.37 bits per heavy atom. The lowest BCUT2D eigenvalue weighted by Gasteiger charge is -2.39. The second-order valence-corrected chi connectivity index (χ2v) is 9.03. The van der Waals surface area contributed by atoms with E-state index in [1.165, 1.54) is 12.8 Å². The van der Waals surface area contributed by atoms with Crippen molar-refractivity contribution in [2.75, 3.05) is 12.4 Å². The molecule has 2 rings (SSSR count). The lowest BCUT2D eigenvalue weighted by molar-refractivity contribution is -0.0549. The standard InChI is InChI=1S/C14H27NO3S/c1-10(9-19(15,16)17)8-18-12-7-11-5-6-14(12,4)13(11,2)3/h10-12H,5-9H2,1-4H3,(H2,15,16,17). The molecular weight excluding hydrogens is 262 g/mol. The number of ether oxygens (including phenoxy) is 1. The van der Waals surface area contributed by atoms with Crippen LogP contribution in [0, 0.1) is 22.7 Å². The molecule has 0 saturated heterocycles. The van der Waals surface area contributed by atoms with Gasteiger partial charge < -0.3 is 4.74 Å². The zero-order valence-corrected chi connectivity index (χ0v) is 13.3. The molecule has 0 radical (unpaired) electrons. The number of hydrogen-bond acceptors (Lipinski definition) is 3. The van der Waals surface area contributed by atoms with Crippen molar-refractivity contribution in [2.45, 2.75) is 53.1 Å². The van der Waals surface area contributed by atoms with E-state index in [1.54, 1.807) is 0 Å². The predicted octanol–water partition coefficient (Wildman–Crippen LogP) is 2.14. The fourth-order valence-corrected chi connectivity index (χ4v) is 5.00. The summed E-state index contributed by atoms with van der Waals surface area (Å²) in [4.78, 5) is 0. The quantitative estimate of drug-likeness (QED) is 0.843. The molecule has 4 atom stereocenters. The molecule has 19 heavy (non-hydrogen) atoms. The summed E-state index contributed by atoms with van der Waals surface area (Å²) in [5.41, 5.74) is 0.569. The van der Waals surface area contributed by atoms with Crippen molar-refractivity contribution in [2.24, 2.45) is 27.8 Å². The van der Waals surface area contributed by atoms with Gasteiger partial charge in [-0.05, 0) is 41.9 Å². The second-order valence-electron chi connectivity index (χ2n) is 7.37. The zero-order chi connectivity index (χ0) is 14.5. The van der Waals surface area contributed by atoms with Crippen molar-refractivity contribution >= 4 is 10.0 Å². The zero-order valence-electron chi connectivity index (χ0n) is 12.5. The number of nitrogens with two attached hydrogens (primary N) is 1. The summed E-state index contributed by atoms with van der Waals surface area (Å²) in [6, 6.07) is 0. The van der Waals surface area contributed by atoms with Gasteiger partial charge in [0, 0.05) is 0 Å². The predicted molar refractivity (Wildman–Crippen MR) is 76.1 cm³/mol. The van der Waals surface area contributed by atoms with Crippen molar-refractivity contribution in [3.05, 3.63) is 0 Å². The fourth-order valence-electron chi connectivity index (χ4n) is 4.11. The van der Waals surface area contributed by atoms with Gasteiger partial charge in [0.1, 0.15) is 0 Å². The topological polar surface area (TPSA) is 69.4 Å². The van der Waals surface area contributed by atoms with Crippen LogP contribution in [0.5, 0.6) is 0 Å². The number of fused-ring (bicyclic) bond motifs is 2. The lowest BCUT2D eigenvalue weighted by Crippen LogP contribution is -2.38. The molecule has 2 aliphatic rings. The van der Waals surface area contributed by atoms with Crippen LogP contribution in [-0.2, 0) is 14.8 Å². The molecule has 0 spiro atoms. The Morgan fingerprint density at radius 2 is 2.00 bits per heavy atom. The van der Waals surface area contributed by atoms with E-state index in [2.05, 4.69) is 20.8 Å². The molecule has 2 saturated carbocycles. The molecule has 112 valence electrons. The van der Waals surface area contributed by atoms with Crippen LogP contribution < -0.4 is 5.14 Å². The third-order valence-corrected chi connectivity index (χ3v) is 6.85. The van der Waals surface area contributed by atoms with Crippen molar-refractivity contribution in [3.8, 4) is 0 Å². The molecule has 4 nitrogen and oxygen atoms in total. The molecular formula is C14H27NO3S. The fraction of sp³-hybridized carbons (Fsp3) is 1.00. The van der Waals surface area contributed by atoms with Crippen LogP contribution in [0.1, 0.15) is 47.0 Å². The first-order valence-corrected chi connectivity index (χ1v) is 8.90. The van der Waals surface area contributed by atoms with Crippen molar-refractivity contribution < 1.29 is 13.2 Å². The third kappa shape index (κ3) is 2.69. The Labute approximate surface area is 117 Å². The highest BCUT2D eigenvalue weighted by Gasteiger charge is 2.61. The number of primary sulfonamides is 1. The van der Waals surface area contributed by atoms with Crippen LogP contribution in [0.15, 0.2) is 0 Å². The first kappa shape index (κ1) is 15.3. The Kier molecular flexibility index (Phi) is 3.78. The summed E-state index contributed by atoms with van der Waals surface area (Å²) >= 11 is 0. The summed E-state index contributed by atoms with van der Waals surface area (Å²) in [6.07, 6.45) is 3.91. The van der Waals surface area contributed by atoms with Gasteiger partial charge in [-0.15, -0.1) is 0 Å². The summed E-state index contributed by atoms with van der Waals surface area (Å²) in [7, 11) is -3.40. The number of sulfonamides is 1. The first-order chi connectivity index (χ1) is 8.56. The summed E-state index contributed by atoms with van der Waals surface area (Å²) in [5, 5.41) is 5.07. The molecule has 0 heterocycles. The van der Waals surface area contributed by atoms with Crippen molar-refractivity contribution in [3.63, 3.8) is 0 Å². The smallest absolute Gasteiger partial charge is 0.209 e. The van der Waals surface area contributed by atoms with Gasteiger partial charge >= 0.3 is 0 Å². The van der Waals surface area contributed by atoms with E-state index in [0.29, 0.717) is 12.0 Å². The molecule has 4 unspecified atom stereocenters. The highest BCUT2D eigenvalue weighted by atomic mass is 32.2. The van der Waals surface area contributed by atoms with Gasteiger partial charge in [-0.3, -0.25) is 0 Å². The normalized spacial score (nSPS) is 38.6. The Bertz CT molecular complexity index is 446. The maximum Gasteiger partial charge on any atom is 0.209 e. The van der Waals surface area contributed by atoms with Gasteiger partial charge in [-0.2, -0.15) is 0 Å². The molecule has 0 aromatic carbocycles. The Balaban J connectivity index is 1.92.